The fourth-order valence-corrected chi connectivity index (χ4v) is 4.68. The standard InChI is InChI=1S/C32H32F3N7O5/c1-42-18-30(43)41-25(14-20-6-8-21(9-7-20)32(33,34)35)31(44)36-12-13-46-27-16-23(10-11-26(27)45-2)40-29-17-28(37-19-38-29)39-22-4-3-5-24(15-22)47-42/h3-11,15-17,19,25H,12-14,18H2,1-2H3,(H,36,44)(H,41,43)(H2,37,38,39,40). The van der Waals surface area contributed by atoms with E-state index in [1.54, 1.807) is 49.5 Å². The summed E-state index contributed by atoms with van der Waals surface area (Å²) in [7, 11) is 3.05. The summed E-state index contributed by atoms with van der Waals surface area (Å²) < 4.78 is 50.6. The Morgan fingerprint density at radius 2 is 1.68 bits per heavy atom. The molecule has 4 N–H and O–H groups in total. The van der Waals surface area contributed by atoms with Crippen LogP contribution in [0.1, 0.15) is 11.1 Å². The first-order valence-electron chi connectivity index (χ1n) is 14.4. The minimum Gasteiger partial charge on any atom is -0.493 e. The van der Waals surface area contributed by atoms with Gasteiger partial charge in [0.15, 0.2) is 11.5 Å². The summed E-state index contributed by atoms with van der Waals surface area (Å²) in [5.41, 5.74) is 0.908. The Kier molecular flexibility index (Phi) is 10.3. The lowest BCUT2D eigenvalue weighted by Gasteiger charge is -2.22. The van der Waals surface area contributed by atoms with E-state index in [2.05, 4.69) is 31.2 Å². The highest BCUT2D eigenvalue weighted by Crippen LogP contribution is 2.32. The number of methoxy groups -OCH3 is 1. The largest absolute Gasteiger partial charge is 0.493 e. The van der Waals surface area contributed by atoms with Crippen LogP contribution in [-0.2, 0) is 22.2 Å². The molecule has 1 aliphatic rings. The summed E-state index contributed by atoms with van der Waals surface area (Å²) in [6.07, 6.45) is -3.15. The highest BCUT2D eigenvalue weighted by molar-refractivity contribution is 5.88. The molecule has 1 unspecified atom stereocenters. The number of nitrogens with one attached hydrogen (secondary N) is 4. The van der Waals surface area contributed by atoms with E-state index in [-0.39, 0.29) is 26.1 Å². The van der Waals surface area contributed by atoms with Crippen LogP contribution in [0, 0.1) is 0 Å². The second-order valence-corrected chi connectivity index (χ2v) is 10.5. The van der Waals surface area contributed by atoms with Crippen molar-refractivity contribution in [2.75, 3.05) is 44.5 Å². The Balaban J connectivity index is 1.39. The van der Waals surface area contributed by atoms with E-state index in [9.17, 15) is 22.8 Å². The van der Waals surface area contributed by atoms with Crippen molar-refractivity contribution in [1.29, 1.82) is 0 Å². The summed E-state index contributed by atoms with van der Waals surface area (Å²) >= 11 is 0. The van der Waals surface area contributed by atoms with Crippen LogP contribution in [0.2, 0.25) is 0 Å². The third kappa shape index (κ3) is 9.23. The lowest BCUT2D eigenvalue weighted by atomic mass is 10.0. The maximum atomic E-state index is 13.3. The molecule has 0 radical (unpaired) electrons. The number of aromatic nitrogens is 2. The van der Waals surface area contributed by atoms with Crippen LogP contribution in [0.3, 0.4) is 0 Å². The van der Waals surface area contributed by atoms with E-state index in [0.29, 0.717) is 45.8 Å². The molecule has 3 aromatic carbocycles. The van der Waals surface area contributed by atoms with Crippen LogP contribution in [0.15, 0.2) is 79.1 Å². The fourth-order valence-electron chi connectivity index (χ4n) is 4.68. The van der Waals surface area contributed by atoms with E-state index >= 15 is 0 Å². The van der Waals surface area contributed by atoms with E-state index < -0.39 is 29.6 Å². The zero-order chi connectivity index (χ0) is 33.4. The number of anilines is 4. The van der Waals surface area contributed by atoms with Gasteiger partial charge in [0.1, 0.15) is 42.9 Å². The minimum absolute atomic E-state index is 0.0440. The van der Waals surface area contributed by atoms with Gasteiger partial charge in [0.2, 0.25) is 11.8 Å². The van der Waals surface area contributed by atoms with Crippen molar-refractivity contribution in [3.05, 3.63) is 90.3 Å². The second kappa shape index (κ2) is 14.7. The maximum Gasteiger partial charge on any atom is 0.416 e. The highest BCUT2D eigenvalue weighted by Gasteiger charge is 2.30. The van der Waals surface area contributed by atoms with Gasteiger partial charge >= 0.3 is 6.18 Å². The van der Waals surface area contributed by atoms with Gasteiger partial charge in [-0.25, -0.2) is 9.97 Å². The van der Waals surface area contributed by atoms with E-state index in [1.165, 1.54) is 30.6 Å². The van der Waals surface area contributed by atoms with Crippen LogP contribution in [0.25, 0.3) is 0 Å². The van der Waals surface area contributed by atoms with Crippen LogP contribution in [0.4, 0.5) is 36.2 Å². The van der Waals surface area contributed by atoms with Gasteiger partial charge in [-0.1, -0.05) is 18.2 Å². The fraction of sp³-hybridized carbons (Fsp3) is 0.250. The van der Waals surface area contributed by atoms with Gasteiger partial charge in [0.05, 0.1) is 19.2 Å². The van der Waals surface area contributed by atoms with Gasteiger partial charge in [-0.2, -0.15) is 13.2 Å². The van der Waals surface area contributed by atoms with Crippen molar-refractivity contribution in [3.8, 4) is 17.2 Å². The molecule has 1 aromatic heterocycles. The van der Waals surface area contributed by atoms with Gasteiger partial charge < -0.3 is 35.6 Å². The number of hydrogen-bond donors (Lipinski definition) is 4. The molecule has 0 saturated heterocycles. The van der Waals surface area contributed by atoms with Gasteiger partial charge in [-0.15, -0.1) is 5.06 Å². The van der Waals surface area contributed by atoms with E-state index in [1.807, 2.05) is 6.07 Å². The monoisotopic (exact) mass is 651 g/mol. The van der Waals surface area contributed by atoms with E-state index in [4.69, 9.17) is 14.3 Å². The third-order valence-corrected chi connectivity index (χ3v) is 6.87. The van der Waals surface area contributed by atoms with Crippen molar-refractivity contribution < 1.29 is 37.1 Å². The van der Waals surface area contributed by atoms with Crippen molar-refractivity contribution in [1.82, 2.24) is 25.7 Å². The molecule has 15 heteroatoms. The first-order chi connectivity index (χ1) is 22.6. The average molecular weight is 652 g/mol. The Labute approximate surface area is 268 Å². The molecule has 0 aliphatic carbocycles. The number of carbonyl (C=O) groups excluding carboxylic acids is 2. The number of rotatable bonds is 3. The Morgan fingerprint density at radius 3 is 2.38 bits per heavy atom. The molecule has 2 heterocycles. The zero-order valence-corrected chi connectivity index (χ0v) is 25.4. The molecule has 2 amide bonds. The molecule has 12 nitrogen and oxygen atoms in total. The highest BCUT2D eigenvalue weighted by atomic mass is 19.4. The number of nitrogens with zero attached hydrogens (tertiary/aromatic N) is 3. The number of hydrogen-bond acceptors (Lipinski definition) is 10. The van der Waals surface area contributed by atoms with Crippen molar-refractivity contribution in [3.63, 3.8) is 0 Å². The number of amides is 2. The topological polar surface area (TPSA) is 139 Å². The first kappa shape index (κ1) is 32.8. The Hall–Kier alpha value is -5.57. The minimum atomic E-state index is -4.50. The molecule has 4 aromatic rings. The lowest BCUT2D eigenvalue weighted by molar-refractivity contribution is -0.137. The molecule has 6 bridgehead atoms. The summed E-state index contributed by atoms with van der Waals surface area (Å²) in [5, 5.41) is 13.1. The van der Waals surface area contributed by atoms with Gasteiger partial charge in [-0.3, -0.25) is 9.59 Å². The number of likely N-dealkylation sites (N-methyl/N-ethyl adjacent to an activating group) is 1. The van der Waals surface area contributed by atoms with Crippen molar-refractivity contribution >= 4 is 34.8 Å². The average Bonchev–Trinajstić information content (AvgIpc) is 3.02. The third-order valence-electron chi connectivity index (χ3n) is 6.87. The van der Waals surface area contributed by atoms with Crippen LogP contribution < -0.4 is 35.6 Å². The molecule has 5 rings (SSSR count). The van der Waals surface area contributed by atoms with Crippen LogP contribution >= 0.6 is 0 Å². The Morgan fingerprint density at radius 1 is 0.957 bits per heavy atom. The SMILES string of the molecule is COc1ccc2cc1OCCNC(=O)C(Cc1ccc(C(F)(F)F)cc1)NC(=O)CN(C)Oc1cccc(c1)Nc1cc(ncn1)N2. The van der Waals surface area contributed by atoms with Crippen molar-refractivity contribution in [2.24, 2.45) is 0 Å². The summed E-state index contributed by atoms with van der Waals surface area (Å²) in [4.78, 5) is 40.7. The van der Waals surface area contributed by atoms with E-state index in [0.717, 1.165) is 12.1 Å². The van der Waals surface area contributed by atoms with Crippen LogP contribution in [-0.4, -0.2) is 66.7 Å². The molecule has 47 heavy (non-hydrogen) atoms. The summed E-state index contributed by atoms with van der Waals surface area (Å²) in [5.74, 6) is 1.20. The number of fused-ring (bicyclic) bond motifs is 6. The summed E-state index contributed by atoms with van der Waals surface area (Å²) in [6, 6.07) is 17.2. The van der Waals surface area contributed by atoms with Gasteiger partial charge in [0.25, 0.3) is 0 Å². The Bertz CT molecular complexity index is 1710. The normalized spacial score (nSPS) is 16.4. The molecule has 1 aliphatic heterocycles. The number of ether oxygens (including phenoxy) is 2. The van der Waals surface area contributed by atoms with Crippen LogP contribution in [0.5, 0.6) is 17.2 Å². The second-order valence-electron chi connectivity index (χ2n) is 10.5. The van der Waals surface area contributed by atoms with Gasteiger partial charge in [-0.05, 0) is 42.0 Å². The number of benzene rings is 3. The maximum absolute atomic E-state index is 13.3. The smallest absolute Gasteiger partial charge is 0.416 e. The molecular formula is C32H32F3N7O5. The van der Waals surface area contributed by atoms with Crippen molar-refractivity contribution in [2.45, 2.75) is 18.6 Å². The number of carbonyl (C=O) groups is 2. The molecular weight excluding hydrogens is 619 g/mol. The van der Waals surface area contributed by atoms with Gasteiger partial charge in [0, 0.05) is 43.0 Å². The molecule has 0 fully saturated rings. The first-order valence-corrected chi connectivity index (χ1v) is 14.4. The number of hydroxylamine groups is 2. The summed E-state index contributed by atoms with van der Waals surface area (Å²) in [6.45, 7) is -0.156. The quantitative estimate of drug-likeness (QED) is 0.251. The molecule has 0 saturated carbocycles. The molecule has 246 valence electrons. The molecule has 0 spiro atoms. The predicted molar refractivity (Wildman–Crippen MR) is 167 cm³/mol. The zero-order valence-electron chi connectivity index (χ0n) is 25.4. The molecule has 1 atom stereocenters. The predicted octanol–water partition coefficient (Wildman–Crippen LogP) is 4.45. The number of alkyl halides is 3. The number of halogens is 3. The lowest BCUT2D eigenvalue weighted by Crippen LogP contribution is -2.51.